The van der Waals surface area contributed by atoms with E-state index in [1.54, 1.807) is 0 Å². The number of carbonyl (C=O) groups is 1. The third-order valence-corrected chi connectivity index (χ3v) is 2.84. The fourth-order valence-corrected chi connectivity index (χ4v) is 1.87. The molecule has 19 heavy (non-hydrogen) atoms. The van der Waals surface area contributed by atoms with Gasteiger partial charge >= 0.3 is 12.1 Å². The largest absolute Gasteiger partial charge is 0.421 e. The molecule has 2 N–H and O–H groups in total. The van der Waals surface area contributed by atoms with Gasteiger partial charge in [-0.05, 0) is 12.1 Å². The number of ether oxygens (including phenoxy) is 1. The Morgan fingerprint density at radius 2 is 2.00 bits per heavy atom. The molecular formula is C11H7F3N2O2S. The zero-order valence-electron chi connectivity index (χ0n) is 9.27. The van der Waals surface area contributed by atoms with Gasteiger partial charge in [0.15, 0.2) is 5.69 Å². The molecule has 1 heterocycles. The number of carbonyl (C=O) groups excluding carboxylic acids is 1. The van der Waals surface area contributed by atoms with Crippen molar-refractivity contribution in [1.82, 2.24) is 4.98 Å². The van der Waals surface area contributed by atoms with Crippen LogP contribution in [0, 0.1) is 0 Å². The van der Waals surface area contributed by atoms with Gasteiger partial charge in [0.1, 0.15) is 10.8 Å². The van der Waals surface area contributed by atoms with Gasteiger partial charge in [-0.25, -0.2) is 9.78 Å². The molecule has 100 valence electrons. The predicted molar refractivity (Wildman–Crippen MR) is 62.9 cm³/mol. The molecule has 0 fully saturated rings. The van der Waals surface area contributed by atoms with Crippen LogP contribution in [0.5, 0.6) is 5.75 Å². The molecule has 0 saturated carbocycles. The normalized spacial score (nSPS) is 11.3. The Labute approximate surface area is 109 Å². The Hall–Kier alpha value is -2.09. The lowest BCUT2D eigenvalue weighted by atomic mass is 10.2. The average Bonchev–Trinajstić information content (AvgIpc) is 2.75. The van der Waals surface area contributed by atoms with Gasteiger partial charge < -0.3 is 10.5 Å². The highest BCUT2D eigenvalue weighted by atomic mass is 32.1. The van der Waals surface area contributed by atoms with Crippen molar-refractivity contribution in [2.45, 2.75) is 6.18 Å². The smallest absolute Gasteiger partial charge is 0.419 e. The van der Waals surface area contributed by atoms with Gasteiger partial charge in [-0.15, -0.1) is 11.3 Å². The molecule has 0 atom stereocenters. The number of nitrogens with zero attached hydrogens (tertiary/aromatic N) is 1. The lowest BCUT2D eigenvalue weighted by molar-refractivity contribution is -0.138. The maximum atomic E-state index is 12.7. The molecule has 0 radical (unpaired) electrons. The molecule has 4 nitrogen and oxygen atoms in total. The first-order valence-electron chi connectivity index (χ1n) is 4.97. The number of anilines is 1. The van der Waals surface area contributed by atoms with Gasteiger partial charge in [-0.2, -0.15) is 13.2 Å². The summed E-state index contributed by atoms with van der Waals surface area (Å²) in [7, 11) is 0. The average molecular weight is 288 g/mol. The zero-order chi connectivity index (χ0) is 14.0. The van der Waals surface area contributed by atoms with Gasteiger partial charge in [0.25, 0.3) is 0 Å². The summed E-state index contributed by atoms with van der Waals surface area (Å²) in [6.07, 6.45) is -4.61. The molecule has 1 aromatic heterocycles. The Kier molecular flexibility index (Phi) is 3.43. The highest BCUT2D eigenvalue weighted by Crippen LogP contribution is 2.36. The summed E-state index contributed by atoms with van der Waals surface area (Å²) in [6.45, 7) is 0. The van der Waals surface area contributed by atoms with E-state index in [0.29, 0.717) is 0 Å². The van der Waals surface area contributed by atoms with Crippen molar-refractivity contribution in [2.75, 3.05) is 5.73 Å². The summed E-state index contributed by atoms with van der Waals surface area (Å²) in [4.78, 5) is 15.3. The third-order valence-electron chi connectivity index (χ3n) is 2.18. The van der Waals surface area contributed by atoms with E-state index >= 15 is 0 Å². The van der Waals surface area contributed by atoms with Crippen LogP contribution in [0.4, 0.5) is 18.2 Å². The molecule has 0 saturated heterocycles. The van der Waals surface area contributed by atoms with E-state index in [9.17, 15) is 18.0 Å². The summed E-state index contributed by atoms with van der Waals surface area (Å²) < 4.78 is 42.8. The summed E-state index contributed by atoms with van der Waals surface area (Å²) in [5.41, 5.74) is 5.54. The van der Waals surface area contributed by atoms with E-state index in [1.807, 2.05) is 0 Å². The molecule has 1 aromatic carbocycles. The number of benzene rings is 1. The van der Waals surface area contributed by atoms with Gasteiger partial charge in [0, 0.05) is 0 Å². The number of para-hydroxylation sites is 1. The number of hydrogen-bond acceptors (Lipinski definition) is 5. The number of nitrogen functional groups attached to an aromatic ring is 1. The number of esters is 1. The number of nitrogens with two attached hydrogens (primary N) is 1. The minimum atomic E-state index is -4.61. The van der Waals surface area contributed by atoms with E-state index in [2.05, 4.69) is 4.98 Å². The summed E-state index contributed by atoms with van der Waals surface area (Å²) in [5, 5.41) is 0.0921. The van der Waals surface area contributed by atoms with Crippen LogP contribution in [-0.2, 0) is 6.18 Å². The number of rotatable bonds is 2. The van der Waals surface area contributed by atoms with Gasteiger partial charge in [-0.1, -0.05) is 12.1 Å². The molecule has 0 aliphatic carbocycles. The summed E-state index contributed by atoms with van der Waals surface area (Å²) in [6, 6.07) is 4.43. The molecule has 0 unspecified atom stereocenters. The van der Waals surface area contributed by atoms with Crippen LogP contribution in [-0.4, -0.2) is 11.0 Å². The van der Waals surface area contributed by atoms with Gasteiger partial charge in [-0.3, -0.25) is 0 Å². The molecule has 0 aliphatic heterocycles. The van der Waals surface area contributed by atoms with Crippen LogP contribution in [0.15, 0.2) is 29.8 Å². The minimum Gasteiger partial charge on any atom is -0.421 e. The molecule has 2 aromatic rings. The van der Waals surface area contributed by atoms with E-state index in [4.69, 9.17) is 10.5 Å². The number of aromatic nitrogens is 1. The monoisotopic (exact) mass is 288 g/mol. The van der Waals surface area contributed by atoms with Crippen LogP contribution < -0.4 is 10.5 Å². The molecular weight excluding hydrogens is 281 g/mol. The fraction of sp³-hybridized carbons (Fsp3) is 0.0909. The van der Waals surface area contributed by atoms with Crippen molar-refractivity contribution < 1.29 is 22.7 Å². The summed E-state index contributed by atoms with van der Waals surface area (Å²) >= 11 is 0.997. The number of hydrogen-bond donors (Lipinski definition) is 1. The first-order valence-corrected chi connectivity index (χ1v) is 5.85. The number of halogens is 3. The lowest BCUT2D eigenvalue weighted by Crippen LogP contribution is -2.15. The zero-order valence-corrected chi connectivity index (χ0v) is 10.1. The maximum absolute atomic E-state index is 12.7. The molecule has 2 rings (SSSR count). The Morgan fingerprint density at radius 1 is 1.32 bits per heavy atom. The van der Waals surface area contributed by atoms with E-state index in [-0.39, 0.29) is 10.7 Å². The van der Waals surface area contributed by atoms with Crippen molar-refractivity contribution >= 4 is 22.3 Å². The van der Waals surface area contributed by atoms with Crippen molar-refractivity contribution in [3.05, 3.63) is 41.0 Å². The fourth-order valence-electron chi connectivity index (χ4n) is 1.35. The highest BCUT2D eigenvalue weighted by Gasteiger charge is 2.35. The molecule has 0 amide bonds. The van der Waals surface area contributed by atoms with Crippen LogP contribution >= 0.6 is 11.3 Å². The Morgan fingerprint density at radius 3 is 2.58 bits per heavy atom. The SMILES string of the molecule is Nc1scnc1C(=O)Oc1ccccc1C(F)(F)F. The quantitative estimate of drug-likeness (QED) is 0.681. The second-order valence-corrected chi connectivity index (χ2v) is 4.34. The Balaban J connectivity index is 2.30. The Bertz CT molecular complexity index is 610. The van der Waals surface area contributed by atoms with Crippen LogP contribution in [0.25, 0.3) is 0 Å². The van der Waals surface area contributed by atoms with E-state index < -0.39 is 23.5 Å². The van der Waals surface area contributed by atoms with Crippen LogP contribution in [0.3, 0.4) is 0 Å². The van der Waals surface area contributed by atoms with E-state index in [1.165, 1.54) is 17.6 Å². The standard InChI is InChI=1S/C11H7F3N2O2S/c12-11(13,14)6-3-1-2-4-7(6)18-10(17)8-9(15)19-5-16-8/h1-5H,15H2. The van der Waals surface area contributed by atoms with E-state index in [0.717, 1.165) is 23.5 Å². The highest BCUT2D eigenvalue weighted by molar-refractivity contribution is 7.14. The third kappa shape index (κ3) is 2.84. The number of thiazole rings is 1. The van der Waals surface area contributed by atoms with Crippen molar-refractivity contribution in [2.24, 2.45) is 0 Å². The first-order chi connectivity index (χ1) is 8.89. The lowest BCUT2D eigenvalue weighted by Gasteiger charge is -2.11. The summed E-state index contributed by atoms with van der Waals surface area (Å²) in [5.74, 6) is -1.59. The second-order valence-electron chi connectivity index (χ2n) is 3.45. The van der Waals surface area contributed by atoms with Crippen LogP contribution in [0.1, 0.15) is 16.1 Å². The molecule has 0 spiro atoms. The molecule has 8 heteroatoms. The minimum absolute atomic E-state index is 0.0921. The molecule has 0 bridgehead atoms. The van der Waals surface area contributed by atoms with Crippen LogP contribution in [0.2, 0.25) is 0 Å². The van der Waals surface area contributed by atoms with Gasteiger partial charge in [0.2, 0.25) is 0 Å². The number of alkyl halides is 3. The molecule has 0 aliphatic rings. The first kappa shape index (κ1) is 13.3. The second kappa shape index (κ2) is 4.88. The van der Waals surface area contributed by atoms with Crippen molar-refractivity contribution in [3.8, 4) is 5.75 Å². The topological polar surface area (TPSA) is 65.2 Å². The van der Waals surface area contributed by atoms with Gasteiger partial charge in [0.05, 0.1) is 11.1 Å². The van der Waals surface area contributed by atoms with Crippen molar-refractivity contribution in [1.29, 1.82) is 0 Å². The van der Waals surface area contributed by atoms with Crippen molar-refractivity contribution in [3.63, 3.8) is 0 Å². The maximum Gasteiger partial charge on any atom is 0.419 e. The predicted octanol–water partition coefficient (Wildman–Crippen LogP) is 2.96.